The molecular formula is C52H28F3N5. The van der Waals surface area contributed by atoms with Crippen LogP contribution in [-0.4, -0.2) is 9.13 Å². The molecule has 5 nitrogen and oxygen atoms in total. The van der Waals surface area contributed by atoms with Gasteiger partial charge in [-0.15, -0.1) is 0 Å². The van der Waals surface area contributed by atoms with Crippen molar-refractivity contribution in [2.75, 3.05) is 0 Å². The third-order valence-corrected chi connectivity index (χ3v) is 11.2. The van der Waals surface area contributed by atoms with Gasteiger partial charge in [0.05, 0.1) is 73.9 Å². The van der Waals surface area contributed by atoms with Crippen LogP contribution in [0.15, 0.2) is 170 Å². The maximum atomic E-state index is 15.4. The molecule has 0 atom stereocenters. The molecule has 0 saturated heterocycles. The lowest BCUT2D eigenvalue weighted by molar-refractivity contribution is -0.137. The lowest BCUT2D eigenvalue weighted by Crippen LogP contribution is -2.11. The summed E-state index contributed by atoms with van der Waals surface area (Å²) in [6.07, 6.45) is -4.72. The van der Waals surface area contributed by atoms with Crippen molar-refractivity contribution in [2.45, 2.75) is 6.18 Å². The molecule has 0 aliphatic carbocycles. The zero-order valence-corrected chi connectivity index (χ0v) is 31.5. The molecule has 2 heterocycles. The van der Waals surface area contributed by atoms with Crippen molar-refractivity contribution >= 4 is 43.6 Å². The van der Waals surface area contributed by atoms with Crippen molar-refractivity contribution in [3.05, 3.63) is 192 Å². The van der Waals surface area contributed by atoms with E-state index in [1.165, 1.54) is 12.1 Å². The van der Waals surface area contributed by atoms with Crippen LogP contribution in [0.25, 0.3) is 88.4 Å². The molecular weight excluding hydrogens is 752 g/mol. The predicted molar refractivity (Wildman–Crippen MR) is 231 cm³/mol. The third kappa shape index (κ3) is 5.85. The second-order valence-electron chi connectivity index (χ2n) is 14.6. The van der Waals surface area contributed by atoms with Gasteiger partial charge in [-0.05, 0) is 113 Å². The van der Waals surface area contributed by atoms with Crippen LogP contribution in [0.3, 0.4) is 0 Å². The maximum Gasteiger partial charge on any atom is 0.416 e. The summed E-state index contributed by atoms with van der Waals surface area (Å²) in [5, 5.41) is 32.2. The summed E-state index contributed by atoms with van der Waals surface area (Å²) < 4.78 is 50.1. The molecule has 0 fully saturated rings. The molecule has 60 heavy (non-hydrogen) atoms. The van der Waals surface area contributed by atoms with E-state index in [-0.39, 0.29) is 0 Å². The molecule has 0 spiro atoms. The first-order valence-corrected chi connectivity index (χ1v) is 19.1. The second-order valence-corrected chi connectivity index (χ2v) is 14.6. The smallest absolute Gasteiger partial charge is 0.309 e. The molecule has 8 aromatic carbocycles. The molecule has 0 unspecified atom stereocenters. The number of fused-ring (bicyclic) bond motifs is 6. The van der Waals surface area contributed by atoms with E-state index >= 15 is 13.2 Å². The number of hydrogen-bond acceptors (Lipinski definition) is 3. The van der Waals surface area contributed by atoms with E-state index in [4.69, 9.17) is 0 Å². The lowest BCUT2D eigenvalue weighted by atomic mass is 9.96. The van der Waals surface area contributed by atoms with E-state index in [2.05, 4.69) is 18.2 Å². The van der Waals surface area contributed by atoms with Gasteiger partial charge in [0.2, 0.25) is 0 Å². The van der Waals surface area contributed by atoms with Crippen LogP contribution in [0, 0.1) is 34.0 Å². The first-order chi connectivity index (χ1) is 29.2. The Morgan fingerprint density at radius 1 is 0.367 bits per heavy atom. The Labute approximate surface area is 341 Å². The van der Waals surface area contributed by atoms with Crippen LogP contribution < -0.4 is 0 Å². The standard InChI is InChI=1S/C52H28F3N5/c53-52(54,55)40-27-49(59-45-10-3-1-8-41(45)43-25-37(20-22-47(43)59)35-16-12-32(29-56)13-17-35)51(39-7-5-6-34(24-39)31-58)50(28-40)60-46-11-4-2-9-42(46)44-26-38(21-23-48(44)60)36-18-14-33(30-57)15-19-36/h1-28H. The highest BCUT2D eigenvalue weighted by molar-refractivity contribution is 6.13. The van der Waals surface area contributed by atoms with Crippen molar-refractivity contribution in [2.24, 2.45) is 0 Å². The molecule has 0 N–H and O–H groups in total. The van der Waals surface area contributed by atoms with E-state index in [0.717, 1.165) is 43.8 Å². The average molecular weight is 780 g/mol. The van der Waals surface area contributed by atoms with E-state index in [9.17, 15) is 15.8 Å². The maximum absolute atomic E-state index is 15.4. The number of nitriles is 3. The van der Waals surface area contributed by atoms with E-state index in [1.54, 1.807) is 42.5 Å². The summed E-state index contributed by atoms with van der Waals surface area (Å²) >= 11 is 0. The van der Waals surface area contributed by atoms with E-state index < -0.39 is 11.7 Å². The van der Waals surface area contributed by atoms with Gasteiger partial charge in [-0.3, -0.25) is 0 Å². The van der Waals surface area contributed by atoms with Gasteiger partial charge >= 0.3 is 6.18 Å². The van der Waals surface area contributed by atoms with Gasteiger partial charge in [0.1, 0.15) is 0 Å². The summed E-state index contributed by atoms with van der Waals surface area (Å²) in [5.74, 6) is 0. The van der Waals surface area contributed by atoms with Gasteiger partial charge in [0.15, 0.2) is 0 Å². The number of halogens is 3. The van der Waals surface area contributed by atoms with Crippen molar-refractivity contribution in [1.82, 2.24) is 9.13 Å². The molecule has 10 aromatic rings. The Morgan fingerprint density at radius 2 is 0.800 bits per heavy atom. The molecule has 0 saturated carbocycles. The summed E-state index contributed by atoms with van der Waals surface area (Å²) in [6.45, 7) is 0. The van der Waals surface area contributed by atoms with Crippen LogP contribution in [0.5, 0.6) is 0 Å². The zero-order valence-electron chi connectivity index (χ0n) is 31.5. The van der Waals surface area contributed by atoms with Crippen LogP contribution in [-0.2, 0) is 6.18 Å². The largest absolute Gasteiger partial charge is 0.416 e. The SMILES string of the molecule is N#Cc1ccc(-c2ccc3c(c2)c2ccccc2n3-c2cc(C(F)(F)F)cc(-n3c4ccccc4c4cc(-c5ccc(C#N)cc5)ccc43)c2-c2cccc(C#N)c2)cc1. The molecule has 0 aliphatic rings. The highest BCUT2D eigenvalue weighted by atomic mass is 19.4. The first kappa shape index (κ1) is 36.0. The Hall–Kier alpha value is -8.38. The normalized spacial score (nSPS) is 11.5. The Kier molecular flexibility index (Phi) is 8.35. The van der Waals surface area contributed by atoms with E-state index in [1.807, 2.05) is 124 Å². The summed E-state index contributed by atoms with van der Waals surface area (Å²) in [6, 6.07) is 57.8. The Morgan fingerprint density at radius 3 is 1.25 bits per heavy atom. The topological polar surface area (TPSA) is 81.2 Å². The van der Waals surface area contributed by atoms with Gasteiger partial charge < -0.3 is 9.13 Å². The fourth-order valence-electron chi connectivity index (χ4n) is 8.47. The fourth-order valence-corrected chi connectivity index (χ4v) is 8.47. The summed E-state index contributed by atoms with van der Waals surface area (Å²) in [7, 11) is 0. The second kappa shape index (κ2) is 13.9. The zero-order chi connectivity index (χ0) is 41.1. The molecule has 10 rings (SSSR count). The Balaban J connectivity index is 1.32. The molecule has 0 aliphatic heterocycles. The fraction of sp³-hybridized carbons (Fsp3) is 0.0192. The molecule has 282 valence electrons. The quantitative estimate of drug-likeness (QED) is 0.174. The van der Waals surface area contributed by atoms with Crippen LogP contribution in [0.2, 0.25) is 0 Å². The third-order valence-electron chi connectivity index (χ3n) is 11.2. The minimum Gasteiger partial charge on any atom is -0.309 e. The molecule has 8 heteroatoms. The van der Waals surface area contributed by atoms with Crippen LogP contribution in [0.4, 0.5) is 13.2 Å². The number of nitrogens with zero attached hydrogens (tertiary/aromatic N) is 5. The number of hydrogen-bond donors (Lipinski definition) is 0. The molecule has 2 aromatic heterocycles. The molecule has 0 radical (unpaired) electrons. The summed E-state index contributed by atoms with van der Waals surface area (Å²) in [5.41, 5.74) is 8.72. The lowest BCUT2D eigenvalue weighted by Gasteiger charge is -2.23. The highest BCUT2D eigenvalue weighted by Gasteiger charge is 2.34. The van der Waals surface area contributed by atoms with Crippen molar-refractivity contribution < 1.29 is 13.2 Å². The van der Waals surface area contributed by atoms with Crippen LogP contribution in [0.1, 0.15) is 22.3 Å². The van der Waals surface area contributed by atoms with Crippen molar-refractivity contribution in [3.63, 3.8) is 0 Å². The van der Waals surface area contributed by atoms with Gasteiger partial charge in [-0.1, -0.05) is 84.9 Å². The minimum atomic E-state index is -4.72. The van der Waals surface area contributed by atoms with Gasteiger partial charge in [0, 0.05) is 27.1 Å². The Bertz CT molecular complexity index is 3300. The first-order valence-electron chi connectivity index (χ1n) is 19.1. The number of rotatable bonds is 5. The van der Waals surface area contributed by atoms with Crippen molar-refractivity contribution in [3.8, 4) is 63.0 Å². The van der Waals surface area contributed by atoms with E-state index in [0.29, 0.717) is 61.3 Å². The average Bonchev–Trinajstić information content (AvgIpc) is 3.80. The van der Waals surface area contributed by atoms with Gasteiger partial charge in [0.25, 0.3) is 0 Å². The van der Waals surface area contributed by atoms with Crippen molar-refractivity contribution in [1.29, 1.82) is 15.8 Å². The summed E-state index contributed by atoms with van der Waals surface area (Å²) in [4.78, 5) is 0. The minimum absolute atomic E-state index is 0.298. The predicted octanol–water partition coefficient (Wildman–Crippen LogP) is 13.5. The highest BCUT2D eigenvalue weighted by Crippen LogP contribution is 2.46. The van der Waals surface area contributed by atoms with Crippen LogP contribution >= 0.6 is 0 Å². The number of benzene rings is 8. The van der Waals surface area contributed by atoms with Gasteiger partial charge in [-0.2, -0.15) is 29.0 Å². The molecule has 0 amide bonds. The number of para-hydroxylation sites is 2. The monoisotopic (exact) mass is 779 g/mol. The van der Waals surface area contributed by atoms with Gasteiger partial charge in [-0.25, -0.2) is 0 Å². The number of alkyl halides is 3. The molecule has 0 bridgehead atoms. The number of aromatic nitrogens is 2.